The average Bonchev–Trinajstić information content (AvgIpc) is 3.33. The second-order valence-corrected chi connectivity index (χ2v) is 10.7. The lowest BCUT2D eigenvalue weighted by molar-refractivity contribution is -0.132. The van der Waals surface area contributed by atoms with Crippen molar-refractivity contribution in [2.24, 2.45) is 5.92 Å². The predicted molar refractivity (Wildman–Crippen MR) is 154 cm³/mol. The molecule has 2 aromatic carbocycles. The Morgan fingerprint density at radius 2 is 1.92 bits per heavy atom. The standard InChI is InChI=1S/C28H30Cl2N2O5S/c1-16(2)14-37-10-6-8-18-7-5-9-20(25(18)36-4)24-15-38-28(31-24)32-26(33)19-12-22(29)21(23(30)13-19)11-17(3)27(34)35/h5,7,9,11-13,15-16H,6,8,10,14H2,1-4H3,(H,34,35)(H,31,32,33). The van der Waals surface area contributed by atoms with Crippen molar-refractivity contribution in [3.05, 3.63) is 68.0 Å². The number of thiazole rings is 1. The molecule has 0 unspecified atom stereocenters. The lowest BCUT2D eigenvalue weighted by Crippen LogP contribution is -2.12. The van der Waals surface area contributed by atoms with Crippen molar-refractivity contribution in [2.45, 2.75) is 33.6 Å². The van der Waals surface area contributed by atoms with Crippen LogP contribution in [0.15, 0.2) is 41.3 Å². The van der Waals surface area contributed by atoms with Crippen molar-refractivity contribution >= 4 is 57.6 Å². The quantitative estimate of drug-likeness (QED) is 0.171. The van der Waals surface area contributed by atoms with Gasteiger partial charge in [0, 0.05) is 40.9 Å². The number of aryl methyl sites for hydroxylation is 1. The van der Waals surface area contributed by atoms with Gasteiger partial charge in [-0.05, 0) is 55.5 Å². The molecular formula is C28H30Cl2N2O5S. The summed E-state index contributed by atoms with van der Waals surface area (Å²) >= 11 is 13.9. The van der Waals surface area contributed by atoms with Crippen LogP contribution < -0.4 is 10.1 Å². The number of carbonyl (C=O) groups is 2. The SMILES string of the molecule is COc1c(CCCOCC(C)C)cccc1-c1csc(NC(=O)c2cc(Cl)c(C=C(C)C(=O)O)c(Cl)c2)n1. The van der Waals surface area contributed by atoms with Crippen LogP contribution in [0.1, 0.15) is 48.7 Å². The molecule has 0 saturated carbocycles. The summed E-state index contributed by atoms with van der Waals surface area (Å²) in [4.78, 5) is 28.6. The number of aromatic nitrogens is 1. The second-order valence-electron chi connectivity index (χ2n) is 9.05. The third-order valence-corrected chi connectivity index (χ3v) is 6.91. The number of amides is 1. The maximum absolute atomic E-state index is 12.9. The highest BCUT2D eigenvalue weighted by Gasteiger charge is 2.17. The molecule has 1 amide bonds. The van der Waals surface area contributed by atoms with E-state index in [9.17, 15) is 9.59 Å². The molecule has 0 bridgehead atoms. The number of carboxylic acids is 1. The van der Waals surface area contributed by atoms with E-state index in [-0.39, 0.29) is 21.2 Å². The van der Waals surface area contributed by atoms with E-state index >= 15 is 0 Å². The van der Waals surface area contributed by atoms with E-state index in [4.69, 9.17) is 37.8 Å². The number of rotatable bonds is 12. The summed E-state index contributed by atoms with van der Waals surface area (Å²) in [5, 5.41) is 14.5. The summed E-state index contributed by atoms with van der Waals surface area (Å²) in [7, 11) is 1.64. The highest BCUT2D eigenvalue weighted by molar-refractivity contribution is 7.14. The van der Waals surface area contributed by atoms with Gasteiger partial charge in [0.15, 0.2) is 5.13 Å². The van der Waals surface area contributed by atoms with Gasteiger partial charge in [0.2, 0.25) is 0 Å². The van der Waals surface area contributed by atoms with Gasteiger partial charge in [-0.2, -0.15) is 0 Å². The summed E-state index contributed by atoms with van der Waals surface area (Å²) in [6, 6.07) is 8.81. The van der Waals surface area contributed by atoms with Crippen molar-refractivity contribution in [1.82, 2.24) is 4.98 Å². The molecule has 1 heterocycles. The van der Waals surface area contributed by atoms with Crippen molar-refractivity contribution in [3.8, 4) is 17.0 Å². The van der Waals surface area contributed by atoms with Crippen molar-refractivity contribution in [2.75, 3.05) is 25.6 Å². The Kier molecular flexibility index (Phi) is 10.7. The van der Waals surface area contributed by atoms with Gasteiger partial charge in [-0.25, -0.2) is 9.78 Å². The molecule has 3 rings (SSSR count). The number of nitrogens with one attached hydrogen (secondary N) is 1. The molecule has 1 aromatic heterocycles. The van der Waals surface area contributed by atoms with Gasteiger partial charge in [0.05, 0.1) is 22.8 Å². The fourth-order valence-corrected chi connectivity index (χ4v) is 4.97. The lowest BCUT2D eigenvalue weighted by atomic mass is 10.0. The minimum Gasteiger partial charge on any atom is -0.496 e. The fraction of sp³-hybridized carbons (Fsp3) is 0.321. The Balaban J connectivity index is 1.74. The minimum atomic E-state index is -1.09. The molecule has 38 heavy (non-hydrogen) atoms. The largest absolute Gasteiger partial charge is 0.496 e. The van der Waals surface area contributed by atoms with E-state index in [0.717, 1.165) is 36.3 Å². The third kappa shape index (κ3) is 7.80. The van der Waals surface area contributed by atoms with Crippen molar-refractivity contribution in [3.63, 3.8) is 0 Å². The smallest absolute Gasteiger partial charge is 0.331 e. The van der Waals surface area contributed by atoms with E-state index in [0.29, 0.717) is 28.9 Å². The van der Waals surface area contributed by atoms with Gasteiger partial charge in [-0.1, -0.05) is 49.2 Å². The first-order valence-corrected chi connectivity index (χ1v) is 13.7. The number of ether oxygens (including phenoxy) is 2. The number of methoxy groups -OCH3 is 1. The molecule has 0 aliphatic heterocycles. The molecular weight excluding hydrogens is 547 g/mol. The molecule has 0 saturated heterocycles. The van der Waals surface area contributed by atoms with Crippen LogP contribution in [0.2, 0.25) is 10.0 Å². The average molecular weight is 578 g/mol. The van der Waals surface area contributed by atoms with Gasteiger partial charge in [-0.3, -0.25) is 10.1 Å². The fourth-order valence-electron chi connectivity index (χ4n) is 3.66. The van der Waals surface area contributed by atoms with E-state index in [2.05, 4.69) is 24.1 Å². The number of nitrogens with zero attached hydrogens (tertiary/aromatic N) is 1. The maximum atomic E-state index is 12.9. The Morgan fingerprint density at radius 1 is 1.21 bits per heavy atom. The third-order valence-electron chi connectivity index (χ3n) is 5.53. The van der Waals surface area contributed by atoms with Crippen LogP contribution in [-0.4, -0.2) is 42.3 Å². The van der Waals surface area contributed by atoms with Crippen LogP contribution >= 0.6 is 34.5 Å². The van der Waals surface area contributed by atoms with Crippen LogP contribution in [-0.2, 0) is 16.0 Å². The van der Waals surface area contributed by atoms with Gasteiger partial charge >= 0.3 is 5.97 Å². The number of carbonyl (C=O) groups excluding carboxylic acids is 1. The number of benzene rings is 2. The van der Waals surface area contributed by atoms with Crippen LogP contribution in [0.5, 0.6) is 5.75 Å². The Labute approximate surface area is 236 Å². The first kappa shape index (κ1) is 29.6. The molecule has 2 N–H and O–H groups in total. The molecule has 0 atom stereocenters. The highest BCUT2D eigenvalue weighted by atomic mass is 35.5. The number of hydrogen-bond donors (Lipinski definition) is 2. The number of para-hydroxylation sites is 1. The van der Waals surface area contributed by atoms with Crippen LogP contribution in [0.3, 0.4) is 0 Å². The first-order valence-electron chi connectivity index (χ1n) is 12.0. The molecule has 10 heteroatoms. The Morgan fingerprint density at radius 3 is 2.55 bits per heavy atom. The van der Waals surface area contributed by atoms with E-state index in [1.807, 2.05) is 23.6 Å². The Hall–Kier alpha value is -2.91. The monoisotopic (exact) mass is 576 g/mol. The van der Waals surface area contributed by atoms with Crippen LogP contribution in [0.4, 0.5) is 5.13 Å². The molecule has 7 nitrogen and oxygen atoms in total. The van der Waals surface area contributed by atoms with Gasteiger partial charge in [-0.15, -0.1) is 11.3 Å². The van der Waals surface area contributed by atoms with Gasteiger partial charge in [0.1, 0.15) is 5.75 Å². The topological polar surface area (TPSA) is 97.8 Å². The summed E-state index contributed by atoms with van der Waals surface area (Å²) in [5.41, 5.74) is 3.20. The number of aliphatic carboxylic acids is 1. The first-order chi connectivity index (χ1) is 18.1. The van der Waals surface area contributed by atoms with Crippen molar-refractivity contribution in [1.29, 1.82) is 0 Å². The number of carboxylic acid groups (broad SMARTS) is 1. The summed E-state index contributed by atoms with van der Waals surface area (Å²) < 4.78 is 11.4. The second kappa shape index (κ2) is 13.8. The van der Waals surface area contributed by atoms with Crippen LogP contribution in [0.25, 0.3) is 17.3 Å². The molecule has 3 aromatic rings. The predicted octanol–water partition coefficient (Wildman–Crippen LogP) is 7.47. The van der Waals surface area contributed by atoms with E-state index < -0.39 is 11.9 Å². The minimum absolute atomic E-state index is 0.0697. The zero-order valence-electron chi connectivity index (χ0n) is 21.6. The Bertz CT molecular complexity index is 1310. The number of anilines is 1. The summed E-state index contributed by atoms with van der Waals surface area (Å²) in [5.74, 6) is -0.275. The van der Waals surface area contributed by atoms with Gasteiger partial charge < -0.3 is 14.6 Å². The number of halogens is 2. The molecule has 0 aliphatic rings. The van der Waals surface area contributed by atoms with Crippen LogP contribution in [0, 0.1) is 5.92 Å². The van der Waals surface area contributed by atoms with Crippen molar-refractivity contribution < 1.29 is 24.2 Å². The van der Waals surface area contributed by atoms with E-state index in [1.54, 1.807) is 7.11 Å². The normalized spacial score (nSPS) is 11.6. The molecule has 0 radical (unpaired) electrons. The molecule has 0 fully saturated rings. The molecule has 0 aliphatic carbocycles. The highest BCUT2D eigenvalue weighted by Crippen LogP contribution is 2.36. The maximum Gasteiger partial charge on any atom is 0.331 e. The molecule has 0 spiro atoms. The summed E-state index contributed by atoms with van der Waals surface area (Å²) in [6.45, 7) is 7.11. The van der Waals surface area contributed by atoms with Gasteiger partial charge in [0.25, 0.3) is 5.91 Å². The zero-order valence-corrected chi connectivity index (χ0v) is 24.0. The molecule has 202 valence electrons. The zero-order chi connectivity index (χ0) is 27.8. The number of hydrogen-bond acceptors (Lipinski definition) is 6. The van der Waals surface area contributed by atoms with E-state index in [1.165, 1.54) is 36.5 Å². The summed E-state index contributed by atoms with van der Waals surface area (Å²) in [6.07, 6.45) is 3.05. The lowest BCUT2D eigenvalue weighted by Gasteiger charge is -2.13.